The van der Waals surface area contributed by atoms with Crippen molar-refractivity contribution in [2.24, 2.45) is 0 Å². The molecule has 2 nitrogen and oxygen atoms in total. The molecule has 0 aromatic heterocycles. The van der Waals surface area contributed by atoms with Crippen molar-refractivity contribution in [3.8, 4) is 0 Å². The molecule has 138 valence electrons. The number of anilines is 1. The van der Waals surface area contributed by atoms with E-state index in [1.807, 2.05) is 6.07 Å². The van der Waals surface area contributed by atoms with E-state index in [0.29, 0.717) is 11.5 Å². The van der Waals surface area contributed by atoms with Crippen molar-refractivity contribution in [1.29, 1.82) is 0 Å². The van der Waals surface area contributed by atoms with Gasteiger partial charge in [0.2, 0.25) is 0 Å². The van der Waals surface area contributed by atoms with Gasteiger partial charge in [-0.3, -0.25) is 4.90 Å². The lowest BCUT2D eigenvalue weighted by Crippen LogP contribution is -2.51. The molecule has 2 fully saturated rings. The predicted molar refractivity (Wildman–Crippen MR) is 114 cm³/mol. The molecule has 1 saturated carbocycles. The monoisotopic (exact) mass is 356 g/mol. The summed E-state index contributed by atoms with van der Waals surface area (Å²) in [7, 11) is 0. The molecular weight excluding hydrogens is 328 g/mol. The zero-order chi connectivity index (χ0) is 18.3. The topological polar surface area (TPSA) is 29.3 Å². The zero-order valence-corrected chi connectivity index (χ0v) is 15.9. The first-order valence-corrected chi connectivity index (χ1v) is 10.3. The summed E-state index contributed by atoms with van der Waals surface area (Å²) in [6.45, 7) is 2.26. The number of piperidine rings is 1. The van der Waals surface area contributed by atoms with Crippen LogP contribution in [0.4, 0.5) is 5.69 Å². The van der Waals surface area contributed by atoms with Crippen molar-refractivity contribution in [3.63, 3.8) is 0 Å². The Bertz CT molecular complexity index is 963. The van der Waals surface area contributed by atoms with Crippen molar-refractivity contribution in [2.75, 3.05) is 12.3 Å². The molecule has 1 aliphatic heterocycles. The molecule has 0 amide bonds. The van der Waals surface area contributed by atoms with Crippen LogP contribution in [0.3, 0.4) is 0 Å². The van der Waals surface area contributed by atoms with E-state index in [1.165, 1.54) is 60.5 Å². The molecule has 2 heteroatoms. The third-order valence-corrected chi connectivity index (χ3v) is 6.91. The summed E-state index contributed by atoms with van der Waals surface area (Å²) in [4.78, 5) is 2.73. The zero-order valence-electron chi connectivity index (χ0n) is 15.9. The van der Waals surface area contributed by atoms with Crippen molar-refractivity contribution in [2.45, 2.75) is 50.1 Å². The second kappa shape index (κ2) is 6.69. The first-order valence-electron chi connectivity index (χ1n) is 10.3. The van der Waals surface area contributed by atoms with Crippen LogP contribution in [0.15, 0.2) is 66.7 Å². The minimum Gasteiger partial charge on any atom is -0.399 e. The van der Waals surface area contributed by atoms with Crippen LogP contribution in [0.25, 0.3) is 10.8 Å². The van der Waals surface area contributed by atoms with E-state index in [1.54, 1.807) is 0 Å². The average Bonchev–Trinajstić information content (AvgIpc) is 2.70. The Kier molecular flexibility index (Phi) is 4.17. The van der Waals surface area contributed by atoms with Crippen LogP contribution in [-0.4, -0.2) is 17.5 Å². The lowest BCUT2D eigenvalue weighted by atomic mass is 9.63. The van der Waals surface area contributed by atoms with E-state index in [0.717, 1.165) is 12.2 Å². The largest absolute Gasteiger partial charge is 0.399 e. The third kappa shape index (κ3) is 3.12. The molecule has 1 aliphatic carbocycles. The van der Waals surface area contributed by atoms with Gasteiger partial charge in [0.05, 0.1) is 0 Å². The maximum absolute atomic E-state index is 6.10. The number of fused-ring (bicyclic) bond motifs is 3. The Hall–Kier alpha value is -2.32. The van der Waals surface area contributed by atoms with Crippen LogP contribution < -0.4 is 5.73 Å². The fraction of sp³-hybridized carbons (Fsp3) is 0.360. The first kappa shape index (κ1) is 16.8. The fourth-order valence-electron chi connectivity index (χ4n) is 5.47. The van der Waals surface area contributed by atoms with Gasteiger partial charge >= 0.3 is 0 Å². The number of nitrogens with two attached hydrogens (primary N) is 1. The highest BCUT2D eigenvalue weighted by molar-refractivity contribution is 5.82. The smallest absolute Gasteiger partial charge is 0.0316 e. The highest BCUT2D eigenvalue weighted by Crippen LogP contribution is 2.47. The van der Waals surface area contributed by atoms with E-state index < -0.39 is 0 Å². The molecule has 3 aromatic rings. The lowest BCUT2D eigenvalue weighted by molar-refractivity contribution is 0.0459. The molecule has 2 aliphatic rings. The molecule has 5 rings (SSSR count). The Labute approximate surface area is 162 Å². The van der Waals surface area contributed by atoms with Gasteiger partial charge in [-0.2, -0.15) is 0 Å². The van der Waals surface area contributed by atoms with Crippen LogP contribution in [0, 0.1) is 0 Å². The van der Waals surface area contributed by atoms with E-state index in [2.05, 4.69) is 65.6 Å². The number of rotatable bonds is 3. The maximum atomic E-state index is 6.10. The van der Waals surface area contributed by atoms with Crippen LogP contribution >= 0.6 is 0 Å². The number of hydrogen-bond donors (Lipinski definition) is 1. The standard InChI is InChI=1S/C25H28N2/c26-23-8-3-7-22(16-23)25-12-4-9-24(17-25)27(14-13-25)18-19-10-11-20-5-1-2-6-21(20)15-19/h1-3,5-8,10-11,15-16,24H,4,9,12-14,17-18,26H2. The van der Waals surface area contributed by atoms with E-state index >= 15 is 0 Å². The molecule has 2 unspecified atom stereocenters. The van der Waals surface area contributed by atoms with Crippen molar-refractivity contribution in [3.05, 3.63) is 77.9 Å². The molecule has 27 heavy (non-hydrogen) atoms. The van der Waals surface area contributed by atoms with Crippen LogP contribution in [0.1, 0.15) is 43.2 Å². The number of hydrogen-bond acceptors (Lipinski definition) is 2. The Morgan fingerprint density at radius 2 is 1.81 bits per heavy atom. The number of likely N-dealkylation sites (tertiary alicyclic amines) is 1. The van der Waals surface area contributed by atoms with Gasteiger partial charge in [-0.25, -0.2) is 0 Å². The molecule has 1 saturated heterocycles. The molecule has 2 atom stereocenters. The minimum atomic E-state index is 0.345. The first-order chi connectivity index (χ1) is 13.2. The molecule has 0 radical (unpaired) electrons. The summed E-state index contributed by atoms with van der Waals surface area (Å²) in [5.41, 5.74) is 10.3. The van der Waals surface area contributed by atoms with Gasteiger partial charge < -0.3 is 5.73 Å². The number of nitrogen functional groups attached to an aromatic ring is 1. The minimum absolute atomic E-state index is 0.345. The maximum Gasteiger partial charge on any atom is 0.0316 e. The summed E-state index contributed by atoms with van der Waals surface area (Å²) in [6.07, 6.45) is 6.51. The molecule has 1 heterocycles. The highest BCUT2D eigenvalue weighted by atomic mass is 15.2. The van der Waals surface area contributed by atoms with Gasteiger partial charge in [-0.1, -0.05) is 55.0 Å². The van der Waals surface area contributed by atoms with Crippen molar-refractivity contribution < 1.29 is 0 Å². The SMILES string of the molecule is Nc1cccc(C23CCCC(C2)N(Cc2ccc4ccccc4c2)CC3)c1. The predicted octanol–water partition coefficient (Wildman–Crippen LogP) is 5.51. The van der Waals surface area contributed by atoms with E-state index in [-0.39, 0.29) is 0 Å². The summed E-state index contributed by atoms with van der Waals surface area (Å²) < 4.78 is 0. The van der Waals surface area contributed by atoms with E-state index in [9.17, 15) is 0 Å². The summed E-state index contributed by atoms with van der Waals surface area (Å²) in [5.74, 6) is 0. The summed E-state index contributed by atoms with van der Waals surface area (Å²) >= 11 is 0. The Morgan fingerprint density at radius 3 is 2.70 bits per heavy atom. The van der Waals surface area contributed by atoms with Gasteiger partial charge in [0, 0.05) is 18.3 Å². The fourth-order valence-corrected chi connectivity index (χ4v) is 5.47. The van der Waals surface area contributed by atoms with Gasteiger partial charge in [0.15, 0.2) is 0 Å². The summed E-state index contributed by atoms with van der Waals surface area (Å²) in [6, 6.07) is 25.0. The second-order valence-electron chi connectivity index (χ2n) is 8.56. The molecular formula is C25H28N2. The van der Waals surface area contributed by atoms with Gasteiger partial charge in [0.25, 0.3) is 0 Å². The van der Waals surface area contributed by atoms with Gasteiger partial charge in [0.1, 0.15) is 0 Å². The molecule has 2 bridgehead atoms. The van der Waals surface area contributed by atoms with Crippen LogP contribution in [0.2, 0.25) is 0 Å². The molecule has 3 aromatic carbocycles. The van der Waals surface area contributed by atoms with Crippen molar-refractivity contribution in [1.82, 2.24) is 4.90 Å². The van der Waals surface area contributed by atoms with Crippen molar-refractivity contribution >= 4 is 16.5 Å². The number of benzene rings is 3. The normalized spacial score (nSPS) is 25.6. The lowest BCUT2D eigenvalue weighted by Gasteiger charge is -2.51. The Morgan fingerprint density at radius 1 is 0.926 bits per heavy atom. The third-order valence-electron chi connectivity index (χ3n) is 6.91. The molecule has 2 N–H and O–H groups in total. The van der Waals surface area contributed by atoms with Crippen LogP contribution in [-0.2, 0) is 12.0 Å². The molecule has 0 spiro atoms. The Balaban J connectivity index is 1.37. The second-order valence-corrected chi connectivity index (χ2v) is 8.56. The average molecular weight is 357 g/mol. The van der Waals surface area contributed by atoms with E-state index in [4.69, 9.17) is 5.73 Å². The number of nitrogens with zero attached hydrogens (tertiary/aromatic N) is 1. The van der Waals surface area contributed by atoms with Crippen LogP contribution in [0.5, 0.6) is 0 Å². The quantitative estimate of drug-likeness (QED) is 0.627. The van der Waals surface area contributed by atoms with Gasteiger partial charge in [-0.15, -0.1) is 0 Å². The van der Waals surface area contributed by atoms with Gasteiger partial charge in [-0.05, 0) is 77.7 Å². The summed E-state index contributed by atoms with van der Waals surface area (Å²) in [5, 5.41) is 2.68. The highest BCUT2D eigenvalue weighted by Gasteiger charge is 2.43.